The predicted molar refractivity (Wildman–Crippen MR) is 68.3 cm³/mol. The van der Waals surface area contributed by atoms with Gasteiger partial charge in [0.2, 0.25) is 11.8 Å². The van der Waals surface area contributed by atoms with Crippen molar-refractivity contribution in [1.82, 2.24) is 10.2 Å². The average Bonchev–Trinajstić information content (AvgIpc) is 2.22. The molecule has 0 aliphatic carbocycles. The van der Waals surface area contributed by atoms with Gasteiger partial charge in [-0.1, -0.05) is 27.7 Å². The van der Waals surface area contributed by atoms with E-state index in [1.165, 1.54) is 0 Å². The number of nitrogens with zero attached hydrogens (tertiary/aromatic N) is 1. The Labute approximate surface area is 104 Å². The van der Waals surface area contributed by atoms with Crippen LogP contribution >= 0.6 is 0 Å². The van der Waals surface area contributed by atoms with E-state index in [2.05, 4.69) is 5.32 Å². The second kappa shape index (κ2) is 8.06. The maximum atomic E-state index is 12.1. The highest BCUT2D eigenvalue weighted by molar-refractivity contribution is 5.85. The van der Waals surface area contributed by atoms with Crippen molar-refractivity contribution in [3.63, 3.8) is 0 Å². The average molecular weight is 243 g/mol. The molecule has 5 nitrogen and oxygen atoms in total. The highest BCUT2D eigenvalue weighted by atomic mass is 16.2. The molecule has 0 aromatic rings. The van der Waals surface area contributed by atoms with E-state index in [1.54, 1.807) is 4.90 Å². The van der Waals surface area contributed by atoms with Crippen LogP contribution in [0, 0.1) is 11.8 Å². The summed E-state index contributed by atoms with van der Waals surface area (Å²) in [6, 6.07) is 0. The first-order valence-corrected chi connectivity index (χ1v) is 6.16. The van der Waals surface area contributed by atoms with Crippen LogP contribution in [0.25, 0.3) is 0 Å². The van der Waals surface area contributed by atoms with Crippen LogP contribution in [0.5, 0.6) is 0 Å². The Balaban J connectivity index is 4.44. The number of nitrogens with two attached hydrogens (primary N) is 1. The van der Waals surface area contributed by atoms with E-state index >= 15 is 0 Å². The number of hydrogen-bond acceptors (Lipinski definition) is 3. The van der Waals surface area contributed by atoms with Gasteiger partial charge in [0, 0.05) is 19.0 Å². The third kappa shape index (κ3) is 6.94. The maximum Gasteiger partial charge on any atom is 0.237 e. The van der Waals surface area contributed by atoms with Gasteiger partial charge in [0.25, 0.3) is 0 Å². The summed E-state index contributed by atoms with van der Waals surface area (Å²) in [4.78, 5) is 24.6. The molecular weight excluding hydrogens is 218 g/mol. The van der Waals surface area contributed by atoms with E-state index in [4.69, 9.17) is 5.73 Å². The van der Waals surface area contributed by atoms with Gasteiger partial charge in [0.05, 0.1) is 6.54 Å². The van der Waals surface area contributed by atoms with Crippen molar-refractivity contribution in [2.45, 2.75) is 27.7 Å². The monoisotopic (exact) mass is 243 g/mol. The summed E-state index contributed by atoms with van der Waals surface area (Å²) in [5.74, 6) is -0.286. The minimum absolute atomic E-state index is 0.00742. The Morgan fingerprint density at radius 1 is 1.29 bits per heavy atom. The molecule has 0 aromatic carbocycles. The number of primary amides is 1. The molecule has 5 heteroatoms. The number of hydrogen-bond donors (Lipinski definition) is 2. The van der Waals surface area contributed by atoms with Crippen LogP contribution < -0.4 is 11.1 Å². The van der Waals surface area contributed by atoms with Crippen LogP contribution in [-0.4, -0.2) is 42.9 Å². The third-order valence-corrected chi connectivity index (χ3v) is 2.37. The molecule has 0 saturated carbocycles. The van der Waals surface area contributed by atoms with Crippen LogP contribution in [0.1, 0.15) is 27.7 Å². The second-order valence-corrected chi connectivity index (χ2v) is 4.79. The van der Waals surface area contributed by atoms with Gasteiger partial charge >= 0.3 is 0 Å². The molecule has 1 atom stereocenters. The molecule has 3 N–H and O–H groups in total. The third-order valence-electron chi connectivity index (χ3n) is 2.37. The van der Waals surface area contributed by atoms with Crippen molar-refractivity contribution in [3.05, 3.63) is 0 Å². The second-order valence-electron chi connectivity index (χ2n) is 4.79. The van der Waals surface area contributed by atoms with Gasteiger partial charge in [-0.25, -0.2) is 0 Å². The number of amides is 2. The molecular formula is C12H25N3O2. The van der Waals surface area contributed by atoms with Crippen LogP contribution in [0.3, 0.4) is 0 Å². The summed E-state index contributed by atoms with van der Waals surface area (Å²) in [7, 11) is 0. The zero-order chi connectivity index (χ0) is 13.4. The Morgan fingerprint density at radius 2 is 1.88 bits per heavy atom. The molecule has 0 radical (unpaired) electrons. The molecule has 2 amide bonds. The van der Waals surface area contributed by atoms with E-state index < -0.39 is 5.91 Å². The predicted octanol–water partition coefficient (Wildman–Crippen LogP) is 0.202. The SMILES string of the molecule is CCNCC(C)C(=O)N(CC(N)=O)CC(C)C. The summed E-state index contributed by atoms with van der Waals surface area (Å²) in [6.07, 6.45) is 0. The number of carbonyl (C=O) groups is 2. The maximum absolute atomic E-state index is 12.1. The van der Waals surface area contributed by atoms with E-state index in [-0.39, 0.29) is 18.4 Å². The van der Waals surface area contributed by atoms with Crippen LogP contribution in [-0.2, 0) is 9.59 Å². The molecule has 17 heavy (non-hydrogen) atoms. The lowest BCUT2D eigenvalue weighted by Crippen LogP contribution is -2.45. The molecule has 0 aliphatic heterocycles. The lowest BCUT2D eigenvalue weighted by atomic mass is 10.1. The zero-order valence-corrected chi connectivity index (χ0v) is 11.3. The van der Waals surface area contributed by atoms with Crippen LogP contribution in [0.2, 0.25) is 0 Å². The number of nitrogens with one attached hydrogen (secondary N) is 1. The van der Waals surface area contributed by atoms with Crippen LogP contribution in [0.4, 0.5) is 0 Å². The minimum Gasteiger partial charge on any atom is -0.368 e. The van der Waals surface area contributed by atoms with Gasteiger partial charge in [-0.05, 0) is 12.5 Å². The fourth-order valence-corrected chi connectivity index (χ4v) is 1.62. The lowest BCUT2D eigenvalue weighted by molar-refractivity contribution is -0.138. The molecule has 1 unspecified atom stereocenters. The topological polar surface area (TPSA) is 75.4 Å². The van der Waals surface area contributed by atoms with Gasteiger partial charge in [-0.2, -0.15) is 0 Å². The molecule has 0 heterocycles. The first kappa shape index (κ1) is 15.9. The Hall–Kier alpha value is -1.10. The summed E-state index contributed by atoms with van der Waals surface area (Å²) in [5.41, 5.74) is 5.16. The van der Waals surface area contributed by atoms with Crippen molar-refractivity contribution < 1.29 is 9.59 Å². The van der Waals surface area contributed by atoms with E-state index in [0.717, 1.165) is 6.54 Å². The van der Waals surface area contributed by atoms with Gasteiger partial charge in [0.1, 0.15) is 0 Å². The van der Waals surface area contributed by atoms with Gasteiger partial charge in [0.15, 0.2) is 0 Å². The van der Waals surface area contributed by atoms with Crippen molar-refractivity contribution in [2.75, 3.05) is 26.2 Å². The molecule has 0 spiro atoms. The molecule has 0 saturated heterocycles. The van der Waals surface area contributed by atoms with E-state index in [0.29, 0.717) is 19.0 Å². The Bertz CT molecular complexity index is 254. The molecule has 0 rings (SSSR count). The van der Waals surface area contributed by atoms with Crippen molar-refractivity contribution in [3.8, 4) is 0 Å². The minimum atomic E-state index is -0.463. The summed E-state index contributed by atoms with van der Waals surface area (Å²) < 4.78 is 0. The largest absolute Gasteiger partial charge is 0.368 e. The summed E-state index contributed by atoms with van der Waals surface area (Å²) in [6.45, 7) is 9.91. The molecule has 0 aromatic heterocycles. The van der Waals surface area contributed by atoms with E-state index in [9.17, 15) is 9.59 Å². The van der Waals surface area contributed by atoms with Gasteiger partial charge < -0.3 is 16.0 Å². The standard InChI is InChI=1S/C12H25N3O2/c1-5-14-6-10(4)12(17)15(7-9(2)3)8-11(13)16/h9-10,14H,5-8H2,1-4H3,(H2,13,16). The molecule has 100 valence electrons. The quantitative estimate of drug-likeness (QED) is 0.639. The van der Waals surface area contributed by atoms with Gasteiger partial charge in [-0.3, -0.25) is 9.59 Å². The van der Waals surface area contributed by atoms with Crippen LogP contribution in [0.15, 0.2) is 0 Å². The fraction of sp³-hybridized carbons (Fsp3) is 0.833. The summed E-state index contributed by atoms with van der Waals surface area (Å²) in [5, 5.41) is 3.13. The first-order chi connectivity index (χ1) is 7.88. The Kier molecular flexibility index (Phi) is 7.54. The zero-order valence-electron chi connectivity index (χ0n) is 11.3. The normalized spacial score (nSPS) is 12.5. The first-order valence-electron chi connectivity index (χ1n) is 6.16. The van der Waals surface area contributed by atoms with Gasteiger partial charge in [-0.15, -0.1) is 0 Å². The van der Waals surface area contributed by atoms with Crippen molar-refractivity contribution in [2.24, 2.45) is 17.6 Å². The Morgan fingerprint density at radius 3 is 2.29 bits per heavy atom. The molecule has 0 fully saturated rings. The smallest absolute Gasteiger partial charge is 0.237 e. The fourth-order valence-electron chi connectivity index (χ4n) is 1.62. The molecule has 0 aliphatic rings. The highest BCUT2D eigenvalue weighted by Gasteiger charge is 2.22. The highest BCUT2D eigenvalue weighted by Crippen LogP contribution is 2.05. The number of carbonyl (C=O) groups excluding carboxylic acids is 2. The lowest BCUT2D eigenvalue weighted by Gasteiger charge is -2.26. The van der Waals surface area contributed by atoms with E-state index in [1.807, 2.05) is 27.7 Å². The van der Waals surface area contributed by atoms with Crippen molar-refractivity contribution >= 4 is 11.8 Å². The number of rotatable bonds is 8. The van der Waals surface area contributed by atoms with Crippen molar-refractivity contribution in [1.29, 1.82) is 0 Å². The molecule has 0 bridgehead atoms. The summed E-state index contributed by atoms with van der Waals surface area (Å²) >= 11 is 0.